The Morgan fingerprint density at radius 1 is 1.14 bits per heavy atom. The van der Waals surface area contributed by atoms with Gasteiger partial charge in [-0.25, -0.2) is 0 Å². The quantitative estimate of drug-likeness (QED) is 0.565. The zero-order valence-corrected chi connectivity index (χ0v) is 19.0. The van der Waals surface area contributed by atoms with Gasteiger partial charge in [0.15, 0.2) is 5.69 Å². The van der Waals surface area contributed by atoms with Gasteiger partial charge in [-0.15, -0.1) is 0 Å². The van der Waals surface area contributed by atoms with E-state index in [0.29, 0.717) is 18.8 Å². The van der Waals surface area contributed by atoms with Gasteiger partial charge >= 0.3 is 6.18 Å². The summed E-state index contributed by atoms with van der Waals surface area (Å²) in [4.78, 5) is 16.6. The highest BCUT2D eigenvalue weighted by molar-refractivity contribution is 9.10. The molecule has 158 valence electrons. The van der Waals surface area contributed by atoms with Gasteiger partial charge in [-0.2, -0.15) is 18.3 Å². The summed E-state index contributed by atoms with van der Waals surface area (Å²) in [7, 11) is 0. The molecular weight excluding hydrogens is 517 g/mol. The third kappa shape index (κ3) is 5.40. The molecule has 1 aliphatic rings. The fourth-order valence-corrected chi connectivity index (χ4v) is 4.22. The van der Waals surface area contributed by atoms with Crippen LogP contribution in [0.4, 0.5) is 13.2 Å². The van der Waals surface area contributed by atoms with Crippen LogP contribution < -0.4 is 0 Å². The number of aromatic nitrogens is 2. The van der Waals surface area contributed by atoms with Crippen LogP contribution in [0.1, 0.15) is 23.4 Å². The Kier molecular flexibility index (Phi) is 7.06. The van der Waals surface area contributed by atoms with Crippen molar-refractivity contribution in [3.63, 3.8) is 0 Å². The van der Waals surface area contributed by atoms with Crippen LogP contribution in [0, 0.1) is 6.92 Å². The van der Waals surface area contributed by atoms with E-state index in [1.165, 1.54) is 10.2 Å². The molecule has 0 bridgehead atoms. The Balaban J connectivity index is 1.51. The molecule has 1 amide bonds. The summed E-state index contributed by atoms with van der Waals surface area (Å²) in [5, 5.41) is 3.63. The molecule has 0 saturated carbocycles. The van der Waals surface area contributed by atoms with Crippen molar-refractivity contribution in [1.29, 1.82) is 0 Å². The molecule has 0 unspecified atom stereocenters. The first-order valence-electron chi connectivity index (χ1n) is 9.20. The van der Waals surface area contributed by atoms with E-state index in [1.54, 1.807) is 11.8 Å². The minimum Gasteiger partial charge on any atom is -0.340 e. The van der Waals surface area contributed by atoms with Crippen molar-refractivity contribution in [2.24, 2.45) is 0 Å². The van der Waals surface area contributed by atoms with E-state index in [-0.39, 0.29) is 23.3 Å². The summed E-state index contributed by atoms with van der Waals surface area (Å²) < 4.78 is 41.1. The lowest BCUT2D eigenvalue weighted by Crippen LogP contribution is -2.48. The number of aryl methyl sites for hydroxylation is 1. The fraction of sp³-hybridized carbons (Fsp3) is 0.474. The largest absolute Gasteiger partial charge is 0.436 e. The van der Waals surface area contributed by atoms with Crippen molar-refractivity contribution >= 4 is 37.8 Å². The molecule has 0 N–H and O–H groups in total. The van der Waals surface area contributed by atoms with Crippen molar-refractivity contribution < 1.29 is 18.0 Å². The van der Waals surface area contributed by atoms with Crippen LogP contribution in [-0.2, 0) is 24.1 Å². The molecule has 0 atom stereocenters. The van der Waals surface area contributed by atoms with E-state index < -0.39 is 11.9 Å². The van der Waals surface area contributed by atoms with Crippen LogP contribution in [0.25, 0.3) is 0 Å². The van der Waals surface area contributed by atoms with Gasteiger partial charge in [-0.3, -0.25) is 14.4 Å². The molecule has 3 rings (SSSR count). The number of piperazine rings is 1. The first kappa shape index (κ1) is 22.3. The van der Waals surface area contributed by atoms with Crippen molar-refractivity contribution in [3.8, 4) is 0 Å². The van der Waals surface area contributed by atoms with Gasteiger partial charge < -0.3 is 4.90 Å². The number of benzene rings is 1. The maximum absolute atomic E-state index is 13.0. The summed E-state index contributed by atoms with van der Waals surface area (Å²) in [6, 6.07) is 8.05. The molecule has 1 fully saturated rings. The third-order valence-electron chi connectivity index (χ3n) is 5.02. The Hall–Kier alpha value is -1.39. The number of nitrogens with zero attached hydrogens (tertiary/aromatic N) is 4. The maximum Gasteiger partial charge on any atom is 0.436 e. The number of halogens is 5. The summed E-state index contributed by atoms with van der Waals surface area (Å²) >= 11 is 6.50. The predicted octanol–water partition coefficient (Wildman–Crippen LogP) is 4.47. The second kappa shape index (κ2) is 9.18. The number of alkyl halides is 3. The van der Waals surface area contributed by atoms with Crippen molar-refractivity contribution in [2.45, 2.75) is 32.6 Å². The molecule has 1 aliphatic heterocycles. The lowest BCUT2D eigenvalue weighted by atomic mass is 10.2. The first-order chi connectivity index (χ1) is 13.7. The number of carbonyl (C=O) groups is 1. The van der Waals surface area contributed by atoms with Crippen LogP contribution in [-0.4, -0.2) is 51.7 Å². The Labute approximate surface area is 184 Å². The molecule has 2 aromatic rings. The van der Waals surface area contributed by atoms with Crippen LogP contribution in [0.5, 0.6) is 0 Å². The van der Waals surface area contributed by atoms with Gasteiger partial charge in [0.05, 0.1) is 16.7 Å². The van der Waals surface area contributed by atoms with E-state index in [4.69, 9.17) is 0 Å². The Morgan fingerprint density at radius 3 is 2.38 bits per heavy atom. The van der Waals surface area contributed by atoms with Crippen molar-refractivity contribution in [2.75, 3.05) is 26.2 Å². The van der Waals surface area contributed by atoms with Crippen molar-refractivity contribution in [3.05, 3.63) is 50.2 Å². The summed E-state index contributed by atoms with van der Waals surface area (Å²) in [6.07, 6.45) is -4.40. The number of hydrogen-bond acceptors (Lipinski definition) is 3. The first-order valence-corrected chi connectivity index (χ1v) is 10.8. The molecule has 0 aliphatic carbocycles. The monoisotopic (exact) mass is 536 g/mol. The summed E-state index contributed by atoms with van der Waals surface area (Å²) in [6.45, 7) is 5.23. The number of carbonyl (C=O) groups excluding carboxylic acids is 1. The van der Waals surface area contributed by atoms with E-state index in [1.807, 2.05) is 18.2 Å². The molecule has 1 saturated heterocycles. The Bertz CT molecular complexity index is 877. The van der Waals surface area contributed by atoms with Crippen LogP contribution >= 0.6 is 31.9 Å². The second-order valence-electron chi connectivity index (χ2n) is 6.97. The Morgan fingerprint density at radius 2 is 1.79 bits per heavy atom. The molecule has 1 aromatic carbocycles. The summed E-state index contributed by atoms with van der Waals surface area (Å²) in [5.74, 6) is -0.0647. The standard InChI is InChI=1S/C19H21Br2F3N4O/c1-13-17(21)18(19(22,23)24)25-28(13)7-6-16(29)27-10-8-26(9-11-27)12-14-4-2-3-5-15(14)20/h2-5H,6-12H2,1H3. The predicted molar refractivity (Wildman–Crippen MR) is 110 cm³/mol. The van der Waals surface area contributed by atoms with E-state index in [9.17, 15) is 18.0 Å². The smallest absolute Gasteiger partial charge is 0.340 e. The van der Waals surface area contributed by atoms with Crippen LogP contribution in [0.2, 0.25) is 0 Å². The molecule has 10 heteroatoms. The van der Waals surface area contributed by atoms with Gasteiger partial charge in [0.2, 0.25) is 5.91 Å². The zero-order chi connectivity index (χ0) is 21.2. The average molecular weight is 538 g/mol. The topological polar surface area (TPSA) is 41.4 Å². The molecular formula is C19H21Br2F3N4O. The maximum atomic E-state index is 13.0. The molecule has 1 aromatic heterocycles. The van der Waals surface area contributed by atoms with Crippen LogP contribution in [0.15, 0.2) is 33.2 Å². The normalized spacial score (nSPS) is 15.7. The van der Waals surface area contributed by atoms with Gasteiger partial charge in [-0.1, -0.05) is 34.1 Å². The molecule has 5 nitrogen and oxygen atoms in total. The zero-order valence-electron chi connectivity index (χ0n) is 15.8. The molecule has 29 heavy (non-hydrogen) atoms. The number of hydrogen-bond donors (Lipinski definition) is 0. The van der Waals surface area contributed by atoms with E-state index >= 15 is 0 Å². The number of amides is 1. The van der Waals surface area contributed by atoms with Gasteiger partial charge in [-0.05, 0) is 34.5 Å². The highest BCUT2D eigenvalue weighted by Gasteiger charge is 2.38. The third-order valence-corrected chi connectivity index (χ3v) is 6.74. The SMILES string of the molecule is Cc1c(Br)c(C(F)(F)F)nn1CCC(=O)N1CCN(Cc2ccccc2Br)CC1. The van der Waals surface area contributed by atoms with Gasteiger partial charge in [0.1, 0.15) is 0 Å². The highest BCUT2D eigenvalue weighted by atomic mass is 79.9. The summed E-state index contributed by atoms with van der Waals surface area (Å²) in [5.41, 5.74) is 0.610. The van der Waals surface area contributed by atoms with Gasteiger partial charge in [0.25, 0.3) is 0 Å². The molecule has 2 heterocycles. The van der Waals surface area contributed by atoms with Crippen molar-refractivity contribution in [1.82, 2.24) is 19.6 Å². The van der Waals surface area contributed by atoms with E-state index in [2.05, 4.69) is 47.9 Å². The number of rotatable bonds is 5. The minimum atomic E-state index is -4.52. The average Bonchev–Trinajstić information content (AvgIpc) is 2.97. The second-order valence-corrected chi connectivity index (χ2v) is 8.61. The van der Waals surface area contributed by atoms with E-state index in [0.717, 1.165) is 24.1 Å². The van der Waals surface area contributed by atoms with Gasteiger partial charge in [0, 0.05) is 43.6 Å². The fourth-order valence-electron chi connectivity index (χ4n) is 3.31. The molecule has 0 radical (unpaired) electrons. The lowest BCUT2D eigenvalue weighted by molar-refractivity contribution is -0.142. The highest BCUT2D eigenvalue weighted by Crippen LogP contribution is 2.35. The molecule has 0 spiro atoms. The lowest BCUT2D eigenvalue weighted by Gasteiger charge is -2.35. The minimum absolute atomic E-state index is 0.0647. The van der Waals surface area contributed by atoms with Crippen LogP contribution in [0.3, 0.4) is 0 Å².